The van der Waals surface area contributed by atoms with Crippen molar-refractivity contribution < 1.29 is 22.8 Å². The Bertz CT molecular complexity index is 657. The van der Waals surface area contributed by atoms with Gasteiger partial charge in [-0.15, -0.1) is 0 Å². The largest absolute Gasteiger partial charge is 0.408 e. The van der Waals surface area contributed by atoms with Crippen molar-refractivity contribution in [1.82, 2.24) is 10.6 Å². The summed E-state index contributed by atoms with van der Waals surface area (Å²) in [4.78, 5) is 24.9. The van der Waals surface area contributed by atoms with Crippen molar-refractivity contribution >= 4 is 11.8 Å². The van der Waals surface area contributed by atoms with E-state index in [1.807, 2.05) is 35.6 Å². The molecule has 3 unspecified atom stereocenters. The van der Waals surface area contributed by atoms with Gasteiger partial charge in [0.2, 0.25) is 11.8 Å². The van der Waals surface area contributed by atoms with E-state index in [4.69, 9.17) is 0 Å². The highest BCUT2D eigenvalue weighted by Gasteiger charge is 2.46. The van der Waals surface area contributed by atoms with Crippen molar-refractivity contribution in [3.63, 3.8) is 0 Å². The monoisotopic (exact) mass is 382 g/mol. The minimum Gasteiger partial charge on any atom is -0.348 e. The van der Waals surface area contributed by atoms with E-state index < -0.39 is 30.0 Å². The minimum absolute atomic E-state index is 0.0893. The van der Waals surface area contributed by atoms with Crippen molar-refractivity contribution in [2.24, 2.45) is 11.8 Å². The molecule has 1 aromatic carbocycles. The summed E-state index contributed by atoms with van der Waals surface area (Å²) in [5, 5.41) is 4.93. The average molecular weight is 382 g/mol. The number of amides is 2. The minimum atomic E-state index is -4.48. The Hall–Kier alpha value is -2.05. The van der Waals surface area contributed by atoms with E-state index in [0.717, 1.165) is 31.2 Å². The van der Waals surface area contributed by atoms with Crippen molar-refractivity contribution in [2.75, 3.05) is 0 Å². The maximum Gasteiger partial charge on any atom is 0.408 e. The quantitative estimate of drug-likeness (QED) is 0.777. The summed E-state index contributed by atoms with van der Waals surface area (Å²) < 4.78 is 38.4. The van der Waals surface area contributed by atoms with E-state index >= 15 is 0 Å². The van der Waals surface area contributed by atoms with E-state index in [9.17, 15) is 22.8 Å². The van der Waals surface area contributed by atoms with Crippen LogP contribution in [0.25, 0.3) is 0 Å². The second-order valence-corrected chi connectivity index (χ2v) is 7.53. The van der Waals surface area contributed by atoms with Gasteiger partial charge in [0.1, 0.15) is 12.0 Å². The third-order valence-corrected chi connectivity index (χ3v) is 5.67. The normalized spacial score (nSPS) is 25.5. The van der Waals surface area contributed by atoms with E-state index in [2.05, 4.69) is 5.32 Å². The molecule has 1 aromatic rings. The molecule has 0 bridgehead atoms. The van der Waals surface area contributed by atoms with Gasteiger partial charge in [-0.2, -0.15) is 13.2 Å². The lowest BCUT2D eigenvalue weighted by molar-refractivity contribution is -0.171. The van der Waals surface area contributed by atoms with Gasteiger partial charge in [0, 0.05) is 0 Å². The van der Waals surface area contributed by atoms with E-state index in [1.165, 1.54) is 6.42 Å². The number of nitrogens with one attached hydrogen (secondary N) is 2. The van der Waals surface area contributed by atoms with Crippen LogP contribution in [0.4, 0.5) is 13.2 Å². The number of piperidine rings is 1. The second kappa shape index (κ2) is 8.31. The Morgan fingerprint density at radius 3 is 2.30 bits per heavy atom. The maximum absolute atomic E-state index is 12.8. The average Bonchev–Trinajstić information content (AvgIpc) is 2.66. The number of carbonyl (C=O) groups is 2. The molecule has 2 fully saturated rings. The Labute approximate surface area is 156 Å². The van der Waals surface area contributed by atoms with Gasteiger partial charge in [-0.3, -0.25) is 9.59 Å². The summed E-state index contributed by atoms with van der Waals surface area (Å²) in [6, 6.07) is 7.51. The molecule has 7 heteroatoms. The van der Waals surface area contributed by atoms with Gasteiger partial charge in [-0.1, -0.05) is 49.6 Å². The summed E-state index contributed by atoms with van der Waals surface area (Å²) in [5.41, 5.74) is 0.974. The lowest BCUT2D eigenvalue weighted by Gasteiger charge is -2.34. The first-order valence-corrected chi connectivity index (χ1v) is 9.58. The van der Waals surface area contributed by atoms with E-state index in [1.54, 1.807) is 0 Å². The lowest BCUT2D eigenvalue weighted by atomic mass is 9.80. The van der Waals surface area contributed by atoms with Crippen LogP contribution in [0.2, 0.25) is 0 Å². The predicted molar refractivity (Wildman–Crippen MR) is 94.6 cm³/mol. The van der Waals surface area contributed by atoms with Crippen LogP contribution < -0.4 is 10.6 Å². The lowest BCUT2D eigenvalue weighted by Crippen LogP contribution is -2.55. The third kappa shape index (κ3) is 4.82. The predicted octanol–water partition coefficient (Wildman–Crippen LogP) is 3.88. The summed E-state index contributed by atoms with van der Waals surface area (Å²) in [7, 11) is 0. The van der Waals surface area contributed by atoms with Crippen molar-refractivity contribution in [3.8, 4) is 0 Å². The van der Waals surface area contributed by atoms with Gasteiger partial charge in [0.15, 0.2) is 0 Å². The number of rotatable bonds is 4. The number of halogens is 3. The molecular formula is C20H25F3N2O2. The Balaban J connectivity index is 1.70. The molecule has 1 heterocycles. The molecule has 2 amide bonds. The molecule has 0 spiro atoms. The SMILES string of the molecule is O=C(NC(c1ccccc1)C1CCCCC1)C1CCC(C(F)(F)F)NC1=O. The molecule has 1 aliphatic carbocycles. The molecule has 1 saturated carbocycles. The molecule has 2 aliphatic rings. The van der Waals surface area contributed by atoms with Gasteiger partial charge in [-0.05, 0) is 37.2 Å². The van der Waals surface area contributed by atoms with Crippen LogP contribution in [0.1, 0.15) is 56.6 Å². The number of hydrogen-bond acceptors (Lipinski definition) is 2. The van der Waals surface area contributed by atoms with Gasteiger partial charge in [0.25, 0.3) is 0 Å². The molecule has 0 radical (unpaired) electrons. The molecule has 2 N–H and O–H groups in total. The summed E-state index contributed by atoms with van der Waals surface area (Å²) >= 11 is 0. The van der Waals surface area contributed by atoms with Crippen LogP contribution in [-0.2, 0) is 9.59 Å². The van der Waals surface area contributed by atoms with Crippen LogP contribution in [0, 0.1) is 11.8 Å². The molecule has 3 rings (SSSR count). The van der Waals surface area contributed by atoms with Gasteiger partial charge < -0.3 is 10.6 Å². The fourth-order valence-corrected chi connectivity index (χ4v) is 4.16. The smallest absolute Gasteiger partial charge is 0.348 e. The first-order valence-electron chi connectivity index (χ1n) is 9.58. The van der Waals surface area contributed by atoms with Crippen LogP contribution in [0.3, 0.4) is 0 Å². The van der Waals surface area contributed by atoms with Crippen LogP contribution in [0.15, 0.2) is 30.3 Å². The number of benzene rings is 1. The zero-order chi connectivity index (χ0) is 19.4. The molecular weight excluding hydrogens is 357 g/mol. The number of alkyl halides is 3. The maximum atomic E-state index is 12.8. The molecule has 4 nitrogen and oxygen atoms in total. The third-order valence-electron chi connectivity index (χ3n) is 5.67. The fraction of sp³-hybridized carbons (Fsp3) is 0.600. The second-order valence-electron chi connectivity index (χ2n) is 7.53. The summed E-state index contributed by atoms with van der Waals surface area (Å²) in [5.74, 6) is -2.11. The number of hydrogen-bond donors (Lipinski definition) is 2. The van der Waals surface area contributed by atoms with Gasteiger partial charge in [0.05, 0.1) is 6.04 Å². The fourth-order valence-electron chi connectivity index (χ4n) is 4.16. The molecule has 148 valence electrons. The molecule has 1 aliphatic heterocycles. The topological polar surface area (TPSA) is 58.2 Å². The van der Waals surface area contributed by atoms with Crippen molar-refractivity contribution in [3.05, 3.63) is 35.9 Å². The summed E-state index contributed by atoms with van der Waals surface area (Å²) in [6.45, 7) is 0. The molecule has 27 heavy (non-hydrogen) atoms. The van der Waals surface area contributed by atoms with Gasteiger partial charge in [-0.25, -0.2) is 0 Å². The molecule has 1 saturated heterocycles. The van der Waals surface area contributed by atoms with Gasteiger partial charge >= 0.3 is 6.18 Å². The first kappa shape index (κ1) is 19.7. The number of carbonyl (C=O) groups excluding carboxylic acids is 2. The Morgan fingerprint density at radius 2 is 1.70 bits per heavy atom. The van der Waals surface area contributed by atoms with E-state index in [0.29, 0.717) is 0 Å². The molecule has 3 atom stereocenters. The summed E-state index contributed by atoms with van der Waals surface area (Å²) in [6.07, 6.45) is 0.518. The van der Waals surface area contributed by atoms with Crippen molar-refractivity contribution in [1.29, 1.82) is 0 Å². The van der Waals surface area contributed by atoms with Crippen molar-refractivity contribution in [2.45, 2.75) is 63.2 Å². The highest BCUT2D eigenvalue weighted by atomic mass is 19.4. The highest BCUT2D eigenvalue weighted by Crippen LogP contribution is 2.35. The van der Waals surface area contributed by atoms with E-state index in [-0.39, 0.29) is 24.8 Å². The first-order chi connectivity index (χ1) is 12.9. The van der Waals surface area contributed by atoms with Crippen LogP contribution in [-0.4, -0.2) is 24.0 Å². The Morgan fingerprint density at radius 1 is 1.04 bits per heavy atom. The van der Waals surface area contributed by atoms with Crippen LogP contribution in [0.5, 0.6) is 0 Å². The zero-order valence-electron chi connectivity index (χ0n) is 15.1. The molecule has 0 aromatic heterocycles. The van der Waals surface area contributed by atoms with Crippen LogP contribution >= 0.6 is 0 Å². The zero-order valence-corrected chi connectivity index (χ0v) is 15.1. The Kier molecular flexibility index (Phi) is 6.07. The highest BCUT2D eigenvalue weighted by molar-refractivity contribution is 6.01. The standard InChI is InChI=1S/C20H25F3N2O2/c21-20(22,23)16-12-11-15(18(26)24-16)19(27)25-17(13-7-3-1-4-8-13)14-9-5-2-6-10-14/h1,3-4,7-8,14-17H,2,5-6,9-12H2,(H,24,26)(H,25,27).